The lowest BCUT2D eigenvalue weighted by Crippen LogP contribution is -2.29. The average molecular weight is 225 g/mol. The van der Waals surface area contributed by atoms with Gasteiger partial charge in [0.25, 0.3) is 5.69 Å². The van der Waals surface area contributed by atoms with Gasteiger partial charge in [0.2, 0.25) is 0 Å². The Morgan fingerprint density at radius 2 is 2.06 bits per heavy atom. The number of anilines is 1. The van der Waals surface area contributed by atoms with Crippen molar-refractivity contribution < 1.29 is 14.5 Å². The van der Waals surface area contributed by atoms with Crippen LogP contribution in [0.15, 0.2) is 24.3 Å². The minimum Gasteiger partial charge on any atom is -0.449 e. The van der Waals surface area contributed by atoms with Crippen molar-refractivity contribution in [3.05, 3.63) is 34.4 Å². The Bertz CT molecular complexity index is 377. The van der Waals surface area contributed by atoms with E-state index in [1.165, 1.54) is 24.3 Å². The Morgan fingerprint density at radius 1 is 1.44 bits per heavy atom. The molecule has 0 spiro atoms. The molecule has 1 rings (SSSR count). The molecular formula is C9H11N3O4. The van der Waals surface area contributed by atoms with Gasteiger partial charge in [-0.25, -0.2) is 10.2 Å². The molecular weight excluding hydrogens is 214 g/mol. The number of rotatable bonds is 4. The molecule has 0 aliphatic rings. The zero-order chi connectivity index (χ0) is 12.0. The van der Waals surface area contributed by atoms with Crippen LogP contribution in [0, 0.1) is 10.1 Å². The molecule has 0 saturated heterocycles. The molecule has 0 aliphatic heterocycles. The molecule has 7 heteroatoms. The summed E-state index contributed by atoms with van der Waals surface area (Å²) >= 11 is 0. The van der Waals surface area contributed by atoms with Crippen molar-refractivity contribution in [3.8, 4) is 0 Å². The van der Waals surface area contributed by atoms with Crippen LogP contribution in [0.1, 0.15) is 6.92 Å². The van der Waals surface area contributed by atoms with Crippen LogP contribution in [-0.2, 0) is 4.74 Å². The van der Waals surface area contributed by atoms with E-state index in [2.05, 4.69) is 15.6 Å². The van der Waals surface area contributed by atoms with E-state index in [-0.39, 0.29) is 12.3 Å². The number of nitro groups is 1. The van der Waals surface area contributed by atoms with Crippen LogP contribution in [0.3, 0.4) is 0 Å². The monoisotopic (exact) mass is 225 g/mol. The SMILES string of the molecule is CCOC(=O)NNc1ccc([N+](=O)[O-])cc1. The van der Waals surface area contributed by atoms with Crippen LogP contribution in [0.4, 0.5) is 16.2 Å². The van der Waals surface area contributed by atoms with Gasteiger partial charge in [-0.1, -0.05) is 0 Å². The first-order chi connectivity index (χ1) is 7.63. The summed E-state index contributed by atoms with van der Waals surface area (Å²) in [5.41, 5.74) is 5.33. The number of hydrazine groups is 1. The van der Waals surface area contributed by atoms with E-state index >= 15 is 0 Å². The van der Waals surface area contributed by atoms with Crippen molar-refractivity contribution in [2.75, 3.05) is 12.0 Å². The first-order valence-electron chi connectivity index (χ1n) is 4.56. The lowest BCUT2D eigenvalue weighted by Gasteiger charge is -2.07. The second-order valence-corrected chi connectivity index (χ2v) is 2.77. The van der Waals surface area contributed by atoms with E-state index in [0.717, 1.165) is 0 Å². The first kappa shape index (κ1) is 11.8. The van der Waals surface area contributed by atoms with Gasteiger partial charge in [0.1, 0.15) is 0 Å². The van der Waals surface area contributed by atoms with E-state index in [4.69, 9.17) is 0 Å². The number of carbonyl (C=O) groups excluding carboxylic acids is 1. The Morgan fingerprint density at radius 3 is 2.56 bits per heavy atom. The highest BCUT2D eigenvalue weighted by molar-refractivity contribution is 5.69. The third-order valence-electron chi connectivity index (χ3n) is 1.66. The van der Waals surface area contributed by atoms with Crippen molar-refractivity contribution in [2.24, 2.45) is 0 Å². The standard InChI is InChI=1S/C9H11N3O4/c1-2-16-9(13)11-10-7-3-5-8(6-4-7)12(14)15/h3-6,10H,2H2,1H3,(H,11,13). The molecule has 0 fully saturated rings. The smallest absolute Gasteiger partial charge is 0.425 e. The first-order valence-corrected chi connectivity index (χ1v) is 4.56. The highest BCUT2D eigenvalue weighted by atomic mass is 16.6. The maximum Gasteiger partial charge on any atom is 0.425 e. The minimum atomic E-state index is -0.610. The molecule has 0 aromatic heterocycles. The number of ether oxygens (including phenoxy) is 1. The predicted octanol–water partition coefficient (Wildman–Crippen LogP) is 1.67. The number of hydrogen-bond donors (Lipinski definition) is 2. The van der Waals surface area contributed by atoms with Crippen LogP contribution in [-0.4, -0.2) is 17.6 Å². The molecule has 0 unspecified atom stereocenters. The molecule has 1 aromatic rings. The maximum absolute atomic E-state index is 10.9. The molecule has 7 nitrogen and oxygen atoms in total. The third kappa shape index (κ3) is 3.45. The van der Waals surface area contributed by atoms with Crippen LogP contribution >= 0.6 is 0 Å². The number of nitro benzene ring substituents is 1. The number of amides is 1. The zero-order valence-electron chi connectivity index (χ0n) is 8.60. The Kier molecular flexibility index (Phi) is 4.07. The summed E-state index contributed by atoms with van der Waals surface area (Å²) in [5.74, 6) is 0. The number of benzene rings is 1. The largest absolute Gasteiger partial charge is 0.449 e. The lowest BCUT2D eigenvalue weighted by atomic mass is 10.3. The van der Waals surface area contributed by atoms with Gasteiger partial charge < -0.3 is 4.74 Å². The second kappa shape index (κ2) is 5.54. The van der Waals surface area contributed by atoms with E-state index in [1.807, 2.05) is 0 Å². The molecule has 0 heterocycles. The summed E-state index contributed by atoms with van der Waals surface area (Å²) < 4.78 is 4.60. The molecule has 2 N–H and O–H groups in total. The van der Waals surface area contributed by atoms with Crippen molar-refractivity contribution in [1.29, 1.82) is 0 Å². The van der Waals surface area contributed by atoms with E-state index < -0.39 is 11.0 Å². The van der Waals surface area contributed by atoms with Gasteiger partial charge >= 0.3 is 6.09 Å². The van der Waals surface area contributed by atoms with E-state index in [9.17, 15) is 14.9 Å². The fourth-order valence-electron chi connectivity index (χ4n) is 0.957. The van der Waals surface area contributed by atoms with Gasteiger partial charge in [-0.2, -0.15) is 0 Å². The topological polar surface area (TPSA) is 93.5 Å². The summed E-state index contributed by atoms with van der Waals surface area (Å²) in [4.78, 5) is 20.7. The van der Waals surface area contributed by atoms with Crippen LogP contribution in [0.5, 0.6) is 0 Å². The quantitative estimate of drug-likeness (QED) is 0.600. The van der Waals surface area contributed by atoms with Crippen molar-refractivity contribution in [2.45, 2.75) is 6.92 Å². The van der Waals surface area contributed by atoms with Crippen LogP contribution in [0.25, 0.3) is 0 Å². The normalized spacial score (nSPS) is 9.31. The van der Waals surface area contributed by atoms with Gasteiger partial charge in [-0.15, -0.1) is 0 Å². The maximum atomic E-state index is 10.9. The van der Waals surface area contributed by atoms with Gasteiger partial charge in [-0.05, 0) is 19.1 Å². The fraction of sp³-hybridized carbons (Fsp3) is 0.222. The highest BCUT2D eigenvalue weighted by Gasteiger charge is 2.04. The summed E-state index contributed by atoms with van der Waals surface area (Å²) in [6.07, 6.45) is -0.610. The summed E-state index contributed by atoms with van der Waals surface area (Å²) in [7, 11) is 0. The second-order valence-electron chi connectivity index (χ2n) is 2.77. The molecule has 0 bridgehead atoms. The van der Waals surface area contributed by atoms with Gasteiger partial charge in [-0.3, -0.25) is 15.5 Å². The van der Waals surface area contributed by atoms with Crippen molar-refractivity contribution >= 4 is 17.5 Å². The number of carbonyl (C=O) groups is 1. The van der Waals surface area contributed by atoms with Crippen molar-refractivity contribution in [1.82, 2.24) is 5.43 Å². The molecule has 1 amide bonds. The zero-order valence-corrected chi connectivity index (χ0v) is 8.60. The van der Waals surface area contributed by atoms with E-state index in [1.54, 1.807) is 6.92 Å². The fourth-order valence-corrected chi connectivity index (χ4v) is 0.957. The Balaban J connectivity index is 2.49. The Labute approximate surface area is 91.5 Å². The van der Waals surface area contributed by atoms with Crippen molar-refractivity contribution in [3.63, 3.8) is 0 Å². The third-order valence-corrected chi connectivity index (χ3v) is 1.66. The van der Waals surface area contributed by atoms with Crippen LogP contribution in [0.2, 0.25) is 0 Å². The predicted molar refractivity (Wildman–Crippen MR) is 56.9 cm³/mol. The lowest BCUT2D eigenvalue weighted by molar-refractivity contribution is -0.384. The Hall–Kier alpha value is -2.31. The van der Waals surface area contributed by atoms with E-state index in [0.29, 0.717) is 5.69 Å². The summed E-state index contributed by atoms with van der Waals surface area (Å²) in [6.45, 7) is 1.96. The van der Waals surface area contributed by atoms with Crippen LogP contribution < -0.4 is 10.9 Å². The molecule has 0 radical (unpaired) electrons. The highest BCUT2D eigenvalue weighted by Crippen LogP contribution is 2.14. The molecule has 86 valence electrons. The summed E-state index contributed by atoms with van der Waals surface area (Å²) in [6, 6.07) is 5.61. The van der Waals surface area contributed by atoms with Gasteiger partial charge in [0.05, 0.1) is 17.2 Å². The number of nitrogens with zero attached hydrogens (tertiary/aromatic N) is 1. The number of nitrogens with one attached hydrogen (secondary N) is 2. The minimum absolute atomic E-state index is 0.0123. The molecule has 1 aromatic carbocycles. The molecule has 16 heavy (non-hydrogen) atoms. The molecule has 0 atom stereocenters. The molecule has 0 saturated carbocycles. The number of hydrogen-bond acceptors (Lipinski definition) is 5. The molecule has 0 aliphatic carbocycles. The summed E-state index contributed by atoms with van der Waals surface area (Å²) in [5, 5.41) is 10.4. The average Bonchev–Trinajstić information content (AvgIpc) is 2.27. The number of non-ortho nitro benzene ring substituents is 1. The van der Waals surface area contributed by atoms with Gasteiger partial charge in [0.15, 0.2) is 0 Å². The van der Waals surface area contributed by atoms with Gasteiger partial charge in [0, 0.05) is 12.1 Å².